The SMILES string of the molecule is Cc1ccc(SC(C)C(=O)NCc2cccc3ccccc23)cc1. The molecule has 3 heteroatoms. The number of nitrogens with one attached hydrogen (secondary N) is 1. The van der Waals surface area contributed by atoms with Gasteiger partial charge in [0.25, 0.3) is 0 Å². The summed E-state index contributed by atoms with van der Waals surface area (Å²) in [6.45, 7) is 4.57. The van der Waals surface area contributed by atoms with E-state index < -0.39 is 0 Å². The summed E-state index contributed by atoms with van der Waals surface area (Å²) >= 11 is 1.59. The van der Waals surface area contributed by atoms with Crippen molar-refractivity contribution in [3.63, 3.8) is 0 Å². The number of hydrogen-bond acceptors (Lipinski definition) is 2. The van der Waals surface area contributed by atoms with Crippen LogP contribution in [0.4, 0.5) is 0 Å². The monoisotopic (exact) mass is 335 g/mol. The van der Waals surface area contributed by atoms with Crippen molar-refractivity contribution in [3.05, 3.63) is 77.9 Å². The largest absolute Gasteiger partial charge is 0.351 e. The minimum absolute atomic E-state index is 0.0634. The number of carbonyl (C=O) groups excluding carboxylic acids is 1. The molecule has 3 aromatic carbocycles. The van der Waals surface area contributed by atoms with Crippen LogP contribution in [0.25, 0.3) is 10.8 Å². The number of rotatable bonds is 5. The molecule has 0 aliphatic carbocycles. The highest BCUT2D eigenvalue weighted by Gasteiger charge is 2.14. The zero-order valence-electron chi connectivity index (χ0n) is 14.0. The molecule has 0 saturated heterocycles. The van der Waals surface area contributed by atoms with Crippen molar-refractivity contribution in [1.29, 1.82) is 0 Å². The van der Waals surface area contributed by atoms with E-state index in [1.807, 2.05) is 25.1 Å². The summed E-state index contributed by atoms with van der Waals surface area (Å²) in [5.41, 5.74) is 2.38. The number of thioether (sulfide) groups is 1. The second kappa shape index (κ2) is 7.54. The van der Waals surface area contributed by atoms with Gasteiger partial charge in [-0.25, -0.2) is 0 Å². The Morgan fingerprint density at radius 3 is 2.50 bits per heavy atom. The molecule has 2 nitrogen and oxygen atoms in total. The molecule has 1 atom stereocenters. The molecule has 1 N–H and O–H groups in total. The third-order valence-electron chi connectivity index (χ3n) is 4.04. The smallest absolute Gasteiger partial charge is 0.233 e. The molecule has 0 aliphatic heterocycles. The van der Waals surface area contributed by atoms with Crippen molar-refractivity contribution >= 4 is 28.4 Å². The number of aryl methyl sites for hydroxylation is 1. The van der Waals surface area contributed by atoms with Crippen LogP contribution < -0.4 is 5.32 Å². The van der Waals surface area contributed by atoms with Crippen molar-refractivity contribution < 1.29 is 4.79 Å². The van der Waals surface area contributed by atoms with Crippen LogP contribution in [0.5, 0.6) is 0 Å². The lowest BCUT2D eigenvalue weighted by Gasteiger charge is -2.13. The third kappa shape index (κ3) is 3.98. The Morgan fingerprint density at radius 1 is 1.00 bits per heavy atom. The second-order valence-corrected chi connectivity index (χ2v) is 7.34. The molecule has 0 bridgehead atoms. The summed E-state index contributed by atoms with van der Waals surface area (Å²) in [6.07, 6.45) is 0. The highest BCUT2D eigenvalue weighted by molar-refractivity contribution is 8.00. The Kier molecular flexibility index (Phi) is 5.21. The lowest BCUT2D eigenvalue weighted by atomic mass is 10.0. The highest BCUT2D eigenvalue weighted by atomic mass is 32.2. The van der Waals surface area contributed by atoms with Gasteiger partial charge in [-0.2, -0.15) is 0 Å². The first-order valence-corrected chi connectivity index (χ1v) is 8.99. The van der Waals surface area contributed by atoms with Crippen LogP contribution in [0.3, 0.4) is 0 Å². The first-order valence-electron chi connectivity index (χ1n) is 8.11. The molecular weight excluding hydrogens is 314 g/mol. The van der Waals surface area contributed by atoms with E-state index in [9.17, 15) is 4.79 Å². The molecule has 1 amide bonds. The van der Waals surface area contributed by atoms with Gasteiger partial charge in [-0.1, -0.05) is 60.2 Å². The Morgan fingerprint density at radius 2 is 1.71 bits per heavy atom. The molecule has 0 aromatic heterocycles. The fourth-order valence-electron chi connectivity index (χ4n) is 2.65. The molecule has 0 heterocycles. The molecule has 0 aliphatic rings. The lowest BCUT2D eigenvalue weighted by Crippen LogP contribution is -2.30. The number of hydrogen-bond donors (Lipinski definition) is 1. The van der Waals surface area contributed by atoms with Crippen LogP contribution in [0.2, 0.25) is 0 Å². The van der Waals surface area contributed by atoms with Crippen LogP contribution in [0, 0.1) is 6.92 Å². The Balaban J connectivity index is 1.63. The van der Waals surface area contributed by atoms with E-state index in [4.69, 9.17) is 0 Å². The predicted octanol–water partition coefficient (Wildman–Crippen LogP) is 4.95. The minimum atomic E-state index is -0.123. The Hall–Kier alpha value is -2.26. The number of fused-ring (bicyclic) bond motifs is 1. The maximum absolute atomic E-state index is 12.4. The molecule has 0 spiro atoms. The van der Waals surface area contributed by atoms with Crippen LogP contribution in [0.1, 0.15) is 18.1 Å². The third-order valence-corrected chi connectivity index (χ3v) is 5.15. The van der Waals surface area contributed by atoms with Crippen molar-refractivity contribution in [2.75, 3.05) is 0 Å². The van der Waals surface area contributed by atoms with E-state index in [1.165, 1.54) is 16.3 Å². The minimum Gasteiger partial charge on any atom is -0.351 e. The maximum atomic E-state index is 12.4. The molecule has 0 radical (unpaired) electrons. The highest BCUT2D eigenvalue weighted by Crippen LogP contribution is 2.24. The van der Waals surface area contributed by atoms with Crippen molar-refractivity contribution in [1.82, 2.24) is 5.32 Å². The van der Waals surface area contributed by atoms with Crippen molar-refractivity contribution in [3.8, 4) is 0 Å². The van der Waals surface area contributed by atoms with Gasteiger partial charge in [0, 0.05) is 11.4 Å². The summed E-state index contributed by atoms with van der Waals surface area (Å²) in [5, 5.41) is 5.33. The summed E-state index contributed by atoms with van der Waals surface area (Å²) in [7, 11) is 0. The van der Waals surface area contributed by atoms with Gasteiger partial charge in [-0.15, -0.1) is 11.8 Å². The fraction of sp³-hybridized carbons (Fsp3) is 0.190. The van der Waals surface area contributed by atoms with Gasteiger partial charge in [0.2, 0.25) is 5.91 Å². The molecule has 0 fully saturated rings. The Bertz CT molecular complexity index is 837. The van der Waals surface area contributed by atoms with E-state index in [1.54, 1.807) is 11.8 Å². The summed E-state index contributed by atoms with van der Waals surface area (Å²) < 4.78 is 0. The molecule has 24 heavy (non-hydrogen) atoms. The van der Waals surface area contributed by atoms with Gasteiger partial charge in [0.1, 0.15) is 0 Å². The van der Waals surface area contributed by atoms with E-state index in [0.717, 1.165) is 10.5 Å². The Labute approximate surface area is 147 Å². The van der Waals surface area contributed by atoms with E-state index in [0.29, 0.717) is 6.54 Å². The lowest BCUT2D eigenvalue weighted by molar-refractivity contribution is -0.120. The molecule has 3 rings (SSSR count). The topological polar surface area (TPSA) is 29.1 Å². The first kappa shape index (κ1) is 16.6. The van der Waals surface area contributed by atoms with Gasteiger partial charge < -0.3 is 5.32 Å². The van der Waals surface area contributed by atoms with Crippen LogP contribution in [-0.4, -0.2) is 11.2 Å². The number of benzene rings is 3. The van der Waals surface area contributed by atoms with Gasteiger partial charge in [0.15, 0.2) is 0 Å². The number of carbonyl (C=O) groups is 1. The first-order chi connectivity index (χ1) is 11.6. The van der Waals surface area contributed by atoms with Gasteiger partial charge in [0.05, 0.1) is 5.25 Å². The standard InChI is InChI=1S/C21H21NOS/c1-15-10-12-19(13-11-15)24-16(2)21(23)22-14-18-8-5-7-17-6-3-4-9-20(17)18/h3-13,16H,14H2,1-2H3,(H,22,23). The second-order valence-electron chi connectivity index (χ2n) is 5.93. The molecule has 0 saturated carbocycles. The summed E-state index contributed by atoms with van der Waals surface area (Å²) in [5.74, 6) is 0.0634. The predicted molar refractivity (Wildman–Crippen MR) is 102 cm³/mol. The van der Waals surface area contributed by atoms with E-state index in [2.05, 4.69) is 60.8 Å². The molecule has 122 valence electrons. The number of amides is 1. The van der Waals surface area contributed by atoms with Gasteiger partial charge in [-0.3, -0.25) is 4.79 Å². The average molecular weight is 335 g/mol. The van der Waals surface area contributed by atoms with Crippen molar-refractivity contribution in [2.24, 2.45) is 0 Å². The summed E-state index contributed by atoms with van der Waals surface area (Å²) in [4.78, 5) is 13.5. The molecule has 3 aromatic rings. The van der Waals surface area contributed by atoms with Crippen LogP contribution in [-0.2, 0) is 11.3 Å². The zero-order chi connectivity index (χ0) is 16.9. The van der Waals surface area contributed by atoms with Crippen LogP contribution >= 0.6 is 11.8 Å². The quantitative estimate of drug-likeness (QED) is 0.669. The molecular formula is C21H21NOS. The van der Waals surface area contributed by atoms with Gasteiger partial charge in [-0.05, 0) is 42.3 Å². The van der Waals surface area contributed by atoms with Crippen LogP contribution in [0.15, 0.2) is 71.6 Å². The average Bonchev–Trinajstić information content (AvgIpc) is 2.61. The normalized spacial score (nSPS) is 12.1. The fourth-order valence-corrected chi connectivity index (χ4v) is 3.54. The zero-order valence-corrected chi connectivity index (χ0v) is 14.8. The van der Waals surface area contributed by atoms with Gasteiger partial charge >= 0.3 is 0 Å². The summed E-state index contributed by atoms with van der Waals surface area (Å²) in [6, 6.07) is 22.7. The molecule has 1 unspecified atom stereocenters. The van der Waals surface area contributed by atoms with E-state index >= 15 is 0 Å². The van der Waals surface area contributed by atoms with Crippen molar-refractivity contribution in [2.45, 2.75) is 30.5 Å². The van der Waals surface area contributed by atoms with E-state index in [-0.39, 0.29) is 11.2 Å². The maximum Gasteiger partial charge on any atom is 0.233 e.